The van der Waals surface area contributed by atoms with Crippen LogP contribution in [-0.4, -0.2) is 19.1 Å². The molecule has 1 aromatic carbocycles. The molecule has 18 heavy (non-hydrogen) atoms. The highest BCUT2D eigenvalue weighted by molar-refractivity contribution is 5.22. The second kappa shape index (κ2) is 6.91. The normalized spacial score (nSPS) is 24.1. The topological polar surface area (TPSA) is 38.0 Å². The summed E-state index contributed by atoms with van der Waals surface area (Å²) in [5.41, 5.74) is 8.71. The van der Waals surface area contributed by atoms with Crippen molar-refractivity contribution >= 4 is 0 Å². The zero-order chi connectivity index (χ0) is 12.8. The van der Waals surface area contributed by atoms with E-state index in [-0.39, 0.29) is 0 Å². The molecule has 0 aliphatic heterocycles. The second-order valence-corrected chi connectivity index (χ2v) is 5.72. The first-order valence-corrected chi connectivity index (χ1v) is 7.26. The van der Waals surface area contributed by atoms with Gasteiger partial charge in [-0.15, -0.1) is 0 Å². The molecule has 1 aliphatic rings. The minimum atomic E-state index is 0.466. The van der Waals surface area contributed by atoms with E-state index in [1.807, 2.05) is 0 Å². The lowest BCUT2D eigenvalue weighted by Gasteiger charge is -2.26. The van der Waals surface area contributed by atoms with Crippen molar-refractivity contribution in [3.05, 3.63) is 35.4 Å². The average Bonchev–Trinajstić information content (AvgIpc) is 2.37. The molecule has 0 unspecified atom stereocenters. The van der Waals surface area contributed by atoms with Gasteiger partial charge in [0.05, 0.1) is 0 Å². The molecule has 3 N–H and O–H groups in total. The van der Waals surface area contributed by atoms with Gasteiger partial charge in [-0.05, 0) is 63.6 Å². The predicted octanol–water partition coefficient (Wildman–Crippen LogP) is 2.64. The van der Waals surface area contributed by atoms with Crippen LogP contribution in [0.15, 0.2) is 24.3 Å². The summed E-state index contributed by atoms with van der Waals surface area (Å²) in [6.07, 6.45) is 6.17. The summed E-state index contributed by atoms with van der Waals surface area (Å²) in [5.74, 6) is 0.849. The molecule has 1 saturated carbocycles. The lowest BCUT2D eigenvalue weighted by Crippen LogP contribution is -2.32. The van der Waals surface area contributed by atoms with Gasteiger partial charge in [-0.1, -0.05) is 29.8 Å². The molecule has 100 valence electrons. The molecule has 0 saturated heterocycles. The molecule has 0 heterocycles. The summed E-state index contributed by atoms with van der Waals surface area (Å²) in [4.78, 5) is 0. The van der Waals surface area contributed by atoms with Crippen LogP contribution >= 0.6 is 0 Å². The van der Waals surface area contributed by atoms with Crippen molar-refractivity contribution in [3.8, 4) is 0 Å². The Bertz CT molecular complexity index is 354. The quantitative estimate of drug-likeness (QED) is 0.784. The fourth-order valence-electron chi connectivity index (χ4n) is 2.80. The molecule has 2 nitrogen and oxygen atoms in total. The van der Waals surface area contributed by atoms with E-state index in [1.165, 1.54) is 43.4 Å². The van der Waals surface area contributed by atoms with Crippen LogP contribution in [0.3, 0.4) is 0 Å². The monoisotopic (exact) mass is 246 g/mol. The van der Waals surface area contributed by atoms with Gasteiger partial charge in [-0.3, -0.25) is 0 Å². The summed E-state index contributed by atoms with van der Waals surface area (Å²) in [6.45, 7) is 4.41. The molecule has 0 amide bonds. The molecule has 2 heteroatoms. The van der Waals surface area contributed by atoms with Gasteiger partial charge in [0.2, 0.25) is 0 Å². The van der Waals surface area contributed by atoms with Gasteiger partial charge in [0.1, 0.15) is 0 Å². The Morgan fingerprint density at radius 3 is 2.72 bits per heavy atom. The highest BCUT2D eigenvalue weighted by atomic mass is 14.9. The number of rotatable bonds is 5. The molecule has 0 atom stereocenters. The van der Waals surface area contributed by atoms with Crippen molar-refractivity contribution in [2.24, 2.45) is 11.7 Å². The van der Waals surface area contributed by atoms with Crippen LogP contribution in [0.1, 0.15) is 36.8 Å². The molecule has 0 aromatic heterocycles. The highest BCUT2D eigenvalue weighted by Crippen LogP contribution is 2.22. The first-order chi connectivity index (χ1) is 8.74. The van der Waals surface area contributed by atoms with E-state index in [4.69, 9.17) is 5.73 Å². The fraction of sp³-hybridized carbons (Fsp3) is 0.625. The van der Waals surface area contributed by atoms with Gasteiger partial charge < -0.3 is 11.1 Å². The van der Waals surface area contributed by atoms with Crippen molar-refractivity contribution in [2.75, 3.05) is 13.1 Å². The number of nitrogens with two attached hydrogens (primary N) is 1. The molecule has 0 radical (unpaired) electrons. The molecular weight excluding hydrogens is 220 g/mol. The van der Waals surface area contributed by atoms with Crippen molar-refractivity contribution in [3.63, 3.8) is 0 Å². The molecule has 0 bridgehead atoms. The van der Waals surface area contributed by atoms with Crippen LogP contribution in [0.25, 0.3) is 0 Å². The van der Waals surface area contributed by atoms with E-state index < -0.39 is 0 Å². The summed E-state index contributed by atoms with van der Waals surface area (Å²) in [5, 5.41) is 3.60. The van der Waals surface area contributed by atoms with Crippen molar-refractivity contribution < 1.29 is 0 Å². The Balaban J connectivity index is 1.61. The van der Waals surface area contributed by atoms with E-state index in [9.17, 15) is 0 Å². The number of nitrogens with one attached hydrogen (secondary N) is 1. The third-order valence-corrected chi connectivity index (χ3v) is 4.00. The van der Waals surface area contributed by atoms with Gasteiger partial charge >= 0.3 is 0 Å². The number of hydrogen-bond donors (Lipinski definition) is 2. The van der Waals surface area contributed by atoms with Crippen LogP contribution in [0, 0.1) is 12.8 Å². The van der Waals surface area contributed by atoms with Gasteiger partial charge in [0.15, 0.2) is 0 Å². The van der Waals surface area contributed by atoms with E-state index in [0.717, 1.165) is 18.9 Å². The van der Waals surface area contributed by atoms with Gasteiger partial charge in [0, 0.05) is 6.04 Å². The third-order valence-electron chi connectivity index (χ3n) is 4.00. The predicted molar refractivity (Wildman–Crippen MR) is 77.7 cm³/mol. The minimum absolute atomic E-state index is 0.466. The molecule has 0 spiro atoms. The largest absolute Gasteiger partial charge is 0.328 e. The Kier molecular flexibility index (Phi) is 5.21. The average molecular weight is 246 g/mol. The minimum Gasteiger partial charge on any atom is -0.328 e. The lowest BCUT2D eigenvalue weighted by atomic mass is 9.86. The number of benzene rings is 1. The Morgan fingerprint density at radius 2 is 2.00 bits per heavy atom. The SMILES string of the molecule is Cc1cccc(CCNCC2CCC(N)CC2)c1. The first kappa shape index (κ1) is 13.6. The Morgan fingerprint density at radius 1 is 1.22 bits per heavy atom. The van der Waals surface area contributed by atoms with E-state index in [2.05, 4.69) is 36.5 Å². The Hall–Kier alpha value is -0.860. The van der Waals surface area contributed by atoms with E-state index in [0.29, 0.717) is 6.04 Å². The second-order valence-electron chi connectivity index (χ2n) is 5.72. The van der Waals surface area contributed by atoms with Crippen molar-refractivity contribution in [2.45, 2.75) is 45.1 Å². The van der Waals surface area contributed by atoms with Gasteiger partial charge in [-0.25, -0.2) is 0 Å². The fourth-order valence-corrected chi connectivity index (χ4v) is 2.80. The molecule has 1 fully saturated rings. The van der Waals surface area contributed by atoms with Crippen molar-refractivity contribution in [1.82, 2.24) is 5.32 Å². The number of aryl methyl sites for hydroxylation is 1. The van der Waals surface area contributed by atoms with Gasteiger partial charge in [0.25, 0.3) is 0 Å². The van der Waals surface area contributed by atoms with Crippen LogP contribution in [0.4, 0.5) is 0 Å². The maximum atomic E-state index is 5.92. The van der Waals surface area contributed by atoms with Crippen LogP contribution in [0.5, 0.6) is 0 Å². The molecule has 1 aliphatic carbocycles. The maximum absolute atomic E-state index is 5.92. The summed E-state index contributed by atoms with van der Waals surface area (Å²) in [7, 11) is 0. The smallest absolute Gasteiger partial charge is 0.00390 e. The van der Waals surface area contributed by atoms with E-state index >= 15 is 0 Å². The molecular formula is C16H26N2. The van der Waals surface area contributed by atoms with Crippen LogP contribution in [0.2, 0.25) is 0 Å². The lowest BCUT2D eigenvalue weighted by molar-refractivity contribution is 0.315. The van der Waals surface area contributed by atoms with Crippen LogP contribution in [-0.2, 0) is 6.42 Å². The first-order valence-electron chi connectivity index (χ1n) is 7.26. The maximum Gasteiger partial charge on any atom is 0.00390 e. The molecule has 1 aromatic rings. The van der Waals surface area contributed by atoms with Gasteiger partial charge in [-0.2, -0.15) is 0 Å². The Labute approximate surface area is 111 Å². The summed E-state index contributed by atoms with van der Waals surface area (Å²) in [6, 6.07) is 9.26. The van der Waals surface area contributed by atoms with Crippen LogP contribution < -0.4 is 11.1 Å². The zero-order valence-electron chi connectivity index (χ0n) is 11.5. The molecule has 2 rings (SSSR count). The number of hydrogen-bond acceptors (Lipinski definition) is 2. The standard InChI is InChI=1S/C16H26N2/c1-13-3-2-4-14(11-13)9-10-18-12-15-5-7-16(17)8-6-15/h2-4,11,15-16,18H,5-10,12,17H2,1H3. The summed E-state index contributed by atoms with van der Waals surface area (Å²) >= 11 is 0. The zero-order valence-corrected chi connectivity index (χ0v) is 11.5. The highest BCUT2D eigenvalue weighted by Gasteiger charge is 2.17. The van der Waals surface area contributed by atoms with Crippen molar-refractivity contribution in [1.29, 1.82) is 0 Å². The summed E-state index contributed by atoms with van der Waals surface area (Å²) < 4.78 is 0. The third kappa shape index (κ3) is 4.43. The van der Waals surface area contributed by atoms with E-state index in [1.54, 1.807) is 0 Å².